The fourth-order valence-corrected chi connectivity index (χ4v) is 3.59. The van der Waals surface area contributed by atoms with E-state index in [9.17, 15) is 4.79 Å². The standard InChI is InChI=1S/C21H30N2O2S/c1-4-5-6-7-8-9-14-22-21(24)20-17(3)23-19(26-20)15-25-18-12-10-16(2)11-13-18/h10-13H,4-9,14-15H2,1-3H3,(H,22,24). The number of nitrogens with one attached hydrogen (secondary N) is 1. The van der Waals surface area contributed by atoms with E-state index in [1.54, 1.807) is 0 Å². The number of aryl methyl sites for hydroxylation is 2. The lowest BCUT2D eigenvalue weighted by Gasteiger charge is -2.04. The van der Waals surface area contributed by atoms with Crippen molar-refractivity contribution in [3.63, 3.8) is 0 Å². The Morgan fingerprint density at radius 1 is 1.08 bits per heavy atom. The normalized spacial score (nSPS) is 10.7. The van der Waals surface area contributed by atoms with E-state index in [4.69, 9.17) is 4.74 Å². The molecule has 1 amide bonds. The van der Waals surface area contributed by atoms with Gasteiger partial charge >= 0.3 is 0 Å². The van der Waals surface area contributed by atoms with Gasteiger partial charge in [-0.3, -0.25) is 4.79 Å². The second-order valence-corrected chi connectivity index (χ2v) is 7.73. The first kappa shape index (κ1) is 20.4. The lowest BCUT2D eigenvalue weighted by Crippen LogP contribution is -2.24. The van der Waals surface area contributed by atoms with Gasteiger partial charge in [0, 0.05) is 6.54 Å². The number of aromatic nitrogens is 1. The number of unbranched alkanes of at least 4 members (excludes halogenated alkanes) is 5. The highest BCUT2D eigenvalue weighted by atomic mass is 32.1. The summed E-state index contributed by atoms with van der Waals surface area (Å²) >= 11 is 1.42. The largest absolute Gasteiger partial charge is 0.486 e. The van der Waals surface area contributed by atoms with Gasteiger partial charge in [0.05, 0.1) is 5.69 Å². The summed E-state index contributed by atoms with van der Waals surface area (Å²) in [5.41, 5.74) is 1.98. The van der Waals surface area contributed by atoms with E-state index in [0.717, 1.165) is 29.4 Å². The van der Waals surface area contributed by atoms with Crippen LogP contribution in [-0.2, 0) is 6.61 Å². The van der Waals surface area contributed by atoms with Gasteiger partial charge in [-0.25, -0.2) is 4.98 Å². The second-order valence-electron chi connectivity index (χ2n) is 6.65. The van der Waals surface area contributed by atoms with Crippen molar-refractivity contribution in [2.75, 3.05) is 6.54 Å². The van der Waals surface area contributed by atoms with Crippen LogP contribution in [0.2, 0.25) is 0 Å². The Balaban J connectivity index is 1.75. The number of amides is 1. The van der Waals surface area contributed by atoms with E-state index in [2.05, 4.69) is 17.2 Å². The summed E-state index contributed by atoms with van der Waals surface area (Å²) in [4.78, 5) is 17.5. The van der Waals surface area contributed by atoms with Crippen LogP contribution in [0.15, 0.2) is 24.3 Å². The Morgan fingerprint density at radius 3 is 2.50 bits per heavy atom. The van der Waals surface area contributed by atoms with Crippen LogP contribution >= 0.6 is 11.3 Å². The van der Waals surface area contributed by atoms with Crippen molar-refractivity contribution in [3.05, 3.63) is 45.4 Å². The van der Waals surface area contributed by atoms with E-state index < -0.39 is 0 Å². The molecule has 0 saturated heterocycles. The molecule has 0 saturated carbocycles. The number of carbonyl (C=O) groups excluding carboxylic acids is 1. The molecule has 0 aliphatic heterocycles. The number of benzene rings is 1. The average molecular weight is 375 g/mol. The fraction of sp³-hybridized carbons (Fsp3) is 0.524. The molecule has 0 aliphatic rings. The molecule has 0 unspecified atom stereocenters. The Hall–Kier alpha value is -1.88. The second kappa shape index (κ2) is 11.0. The molecule has 0 bridgehead atoms. The number of thiazole rings is 1. The van der Waals surface area contributed by atoms with Gasteiger partial charge < -0.3 is 10.1 Å². The summed E-state index contributed by atoms with van der Waals surface area (Å²) in [6.45, 7) is 7.27. The maximum atomic E-state index is 12.3. The Kier molecular flexibility index (Phi) is 8.62. The van der Waals surface area contributed by atoms with Gasteiger partial charge in [0.1, 0.15) is 22.2 Å². The van der Waals surface area contributed by atoms with Crippen molar-refractivity contribution < 1.29 is 9.53 Å². The van der Waals surface area contributed by atoms with Gasteiger partial charge in [0.15, 0.2) is 0 Å². The first-order valence-corrected chi connectivity index (χ1v) is 10.4. The summed E-state index contributed by atoms with van der Waals surface area (Å²) < 4.78 is 5.76. The van der Waals surface area contributed by atoms with Crippen LogP contribution in [0.3, 0.4) is 0 Å². The van der Waals surface area contributed by atoms with Gasteiger partial charge in [-0.1, -0.05) is 56.7 Å². The van der Waals surface area contributed by atoms with Crippen molar-refractivity contribution >= 4 is 17.2 Å². The predicted octanol–water partition coefficient (Wildman–Crippen LogP) is 5.43. The fourth-order valence-electron chi connectivity index (χ4n) is 2.69. The van der Waals surface area contributed by atoms with Crippen molar-refractivity contribution in [3.8, 4) is 5.75 Å². The highest BCUT2D eigenvalue weighted by Crippen LogP contribution is 2.20. The van der Waals surface area contributed by atoms with E-state index >= 15 is 0 Å². The molecule has 0 radical (unpaired) electrons. The van der Waals surface area contributed by atoms with Crippen molar-refractivity contribution in [1.82, 2.24) is 10.3 Å². The molecule has 4 nitrogen and oxygen atoms in total. The first-order valence-electron chi connectivity index (χ1n) is 9.54. The molecule has 2 rings (SSSR count). The molecular weight excluding hydrogens is 344 g/mol. The molecule has 26 heavy (non-hydrogen) atoms. The number of ether oxygens (including phenoxy) is 1. The van der Waals surface area contributed by atoms with Gasteiger partial charge in [-0.05, 0) is 32.4 Å². The van der Waals surface area contributed by atoms with E-state index in [1.165, 1.54) is 49.0 Å². The quantitative estimate of drug-likeness (QED) is 0.534. The SMILES string of the molecule is CCCCCCCCNC(=O)c1sc(COc2ccc(C)cc2)nc1C. The van der Waals surface area contributed by atoms with E-state index in [1.807, 2.05) is 38.1 Å². The lowest BCUT2D eigenvalue weighted by atomic mass is 10.1. The molecule has 0 spiro atoms. The van der Waals surface area contributed by atoms with Gasteiger partial charge in [0.2, 0.25) is 0 Å². The summed E-state index contributed by atoms with van der Waals surface area (Å²) in [6, 6.07) is 7.93. The number of hydrogen-bond donors (Lipinski definition) is 1. The molecule has 5 heteroatoms. The zero-order chi connectivity index (χ0) is 18.8. The summed E-state index contributed by atoms with van der Waals surface area (Å²) in [5.74, 6) is 0.799. The molecule has 1 aromatic heterocycles. The topological polar surface area (TPSA) is 51.2 Å². The van der Waals surface area contributed by atoms with Gasteiger partial charge in [-0.2, -0.15) is 0 Å². The minimum absolute atomic E-state index is 0.0184. The van der Waals surface area contributed by atoms with Crippen molar-refractivity contribution in [2.24, 2.45) is 0 Å². The minimum Gasteiger partial charge on any atom is -0.486 e. The molecular formula is C21H30N2O2S. The van der Waals surface area contributed by atoms with Crippen LogP contribution < -0.4 is 10.1 Å². The molecule has 1 N–H and O–H groups in total. The minimum atomic E-state index is -0.0184. The summed E-state index contributed by atoms with van der Waals surface area (Å²) in [7, 11) is 0. The highest BCUT2D eigenvalue weighted by Gasteiger charge is 2.15. The van der Waals surface area contributed by atoms with Crippen LogP contribution in [0.1, 0.15) is 71.4 Å². The molecule has 0 aliphatic carbocycles. The number of carbonyl (C=O) groups is 1. The maximum absolute atomic E-state index is 12.3. The molecule has 2 aromatic rings. The highest BCUT2D eigenvalue weighted by molar-refractivity contribution is 7.13. The zero-order valence-corrected chi connectivity index (χ0v) is 17.0. The molecule has 1 heterocycles. The third-order valence-corrected chi connectivity index (χ3v) is 5.38. The van der Waals surface area contributed by atoms with E-state index in [0.29, 0.717) is 11.5 Å². The molecule has 142 valence electrons. The van der Waals surface area contributed by atoms with Crippen molar-refractivity contribution in [1.29, 1.82) is 0 Å². The Bertz CT molecular complexity index is 680. The summed E-state index contributed by atoms with van der Waals surface area (Å²) in [5, 5.41) is 3.84. The van der Waals surface area contributed by atoms with Gasteiger partial charge in [0.25, 0.3) is 5.91 Å². The van der Waals surface area contributed by atoms with Crippen LogP contribution in [-0.4, -0.2) is 17.4 Å². The van der Waals surface area contributed by atoms with Crippen molar-refractivity contribution in [2.45, 2.75) is 65.9 Å². The first-order chi connectivity index (χ1) is 12.6. The smallest absolute Gasteiger partial charge is 0.263 e. The molecule has 1 aromatic carbocycles. The molecule has 0 atom stereocenters. The third kappa shape index (κ3) is 6.79. The van der Waals surface area contributed by atoms with Crippen LogP contribution in [0, 0.1) is 13.8 Å². The maximum Gasteiger partial charge on any atom is 0.263 e. The monoisotopic (exact) mass is 374 g/mol. The number of nitrogens with zero attached hydrogens (tertiary/aromatic N) is 1. The number of hydrogen-bond acceptors (Lipinski definition) is 4. The predicted molar refractivity (Wildman–Crippen MR) is 108 cm³/mol. The number of rotatable bonds is 11. The third-order valence-electron chi connectivity index (χ3n) is 4.25. The van der Waals surface area contributed by atoms with Crippen LogP contribution in [0.4, 0.5) is 0 Å². The van der Waals surface area contributed by atoms with E-state index in [-0.39, 0.29) is 5.91 Å². The van der Waals surface area contributed by atoms with Crippen LogP contribution in [0.25, 0.3) is 0 Å². The lowest BCUT2D eigenvalue weighted by molar-refractivity contribution is 0.0956. The van der Waals surface area contributed by atoms with Crippen LogP contribution in [0.5, 0.6) is 5.75 Å². The Morgan fingerprint density at radius 2 is 1.77 bits per heavy atom. The summed E-state index contributed by atoms with van der Waals surface area (Å²) in [6.07, 6.45) is 7.33. The average Bonchev–Trinajstić information content (AvgIpc) is 3.01. The zero-order valence-electron chi connectivity index (χ0n) is 16.1. The molecule has 0 fully saturated rings. The Labute approximate surface area is 161 Å². The van der Waals surface area contributed by atoms with Gasteiger partial charge in [-0.15, -0.1) is 11.3 Å².